The molecule has 1 aliphatic carbocycles. The van der Waals surface area contributed by atoms with Crippen LogP contribution in [0, 0.1) is 0 Å². The smallest absolute Gasteiger partial charge is 0.229 e. The van der Waals surface area contributed by atoms with Crippen molar-refractivity contribution >= 4 is 0 Å². The van der Waals surface area contributed by atoms with Crippen molar-refractivity contribution in [3.05, 3.63) is 11.7 Å². The number of hydrogen-bond acceptors (Lipinski definition) is 6. The lowest BCUT2D eigenvalue weighted by atomic mass is 9.96. The number of hydrogen-bond donors (Lipinski definition) is 0. The van der Waals surface area contributed by atoms with Crippen LogP contribution in [0.5, 0.6) is 0 Å². The molecule has 0 aromatic carbocycles. The molecule has 1 atom stereocenters. The minimum absolute atomic E-state index is 0.0291. The lowest BCUT2D eigenvalue weighted by molar-refractivity contribution is -0.164. The molecule has 6 heteroatoms. The topological polar surface area (TPSA) is 60.6 Å². The Morgan fingerprint density at radius 3 is 2.65 bits per heavy atom. The zero-order valence-electron chi connectivity index (χ0n) is 13.8. The monoisotopic (exact) mass is 321 g/mol. The zero-order chi connectivity index (χ0) is 15.5. The number of rotatable bonds is 6. The van der Waals surface area contributed by atoms with Crippen LogP contribution < -0.4 is 0 Å². The molecule has 2 saturated heterocycles. The predicted octanol–water partition coefficient (Wildman–Crippen LogP) is 2.67. The summed E-state index contributed by atoms with van der Waals surface area (Å²) in [5.74, 6) is 2.81. The molecule has 4 rings (SSSR count). The number of likely N-dealkylation sites (tertiary alicyclic amines) is 1. The van der Waals surface area contributed by atoms with E-state index in [1.165, 1.54) is 25.7 Å². The van der Waals surface area contributed by atoms with Crippen LogP contribution in [-0.2, 0) is 9.47 Å². The van der Waals surface area contributed by atoms with Gasteiger partial charge in [0.25, 0.3) is 0 Å². The molecule has 1 saturated carbocycles. The molecule has 0 spiro atoms. The van der Waals surface area contributed by atoms with Gasteiger partial charge in [-0.25, -0.2) is 0 Å². The first-order valence-corrected chi connectivity index (χ1v) is 9.17. The van der Waals surface area contributed by atoms with Crippen molar-refractivity contribution in [2.45, 2.75) is 63.1 Å². The number of piperidine rings is 1. The molecule has 3 fully saturated rings. The number of ether oxygens (including phenoxy) is 2. The van der Waals surface area contributed by atoms with Gasteiger partial charge >= 0.3 is 0 Å². The first kappa shape index (κ1) is 15.5. The van der Waals surface area contributed by atoms with E-state index < -0.39 is 0 Å². The maximum atomic E-state index is 5.83. The molecule has 0 bridgehead atoms. The van der Waals surface area contributed by atoms with Crippen LogP contribution in [0.1, 0.15) is 68.5 Å². The lowest BCUT2D eigenvalue weighted by Crippen LogP contribution is -2.36. The SMILES string of the molecule is C1CC[C@H](OCCN2CCC(c3noc(C4CC4)n3)CC2)OC1. The third kappa shape index (κ3) is 4.11. The molecule has 0 radical (unpaired) electrons. The van der Waals surface area contributed by atoms with Gasteiger partial charge in [0, 0.05) is 25.0 Å². The molecule has 1 aromatic heterocycles. The van der Waals surface area contributed by atoms with Crippen molar-refractivity contribution in [2.75, 3.05) is 32.8 Å². The predicted molar refractivity (Wildman–Crippen MR) is 84.2 cm³/mol. The van der Waals surface area contributed by atoms with Gasteiger partial charge < -0.3 is 18.9 Å². The fourth-order valence-corrected chi connectivity index (χ4v) is 3.48. The van der Waals surface area contributed by atoms with Crippen LogP contribution >= 0.6 is 0 Å². The van der Waals surface area contributed by atoms with E-state index in [-0.39, 0.29) is 6.29 Å². The Balaban J connectivity index is 1.16. The van der Waals surface area contributed by atoms with E-state index in [0.717, 1.165) is 63.8 Å². The number of aromatic nitrogens is 2. The van der Waals surface area contributed by atoms with Gasteiger partial charge in [0.1, 0.15) is 0 Å². The molecule has 3 heterocycles. The van der Waals surface area contributed by atoms with Crippen LogP contribution in [0.25, 0.3) is 0 Å². The quantitative estimate of drug-likeness (QED) is 0.803. The summed E-state index contributed by atoms with van der Waals surface area (Å²) in [4.78, 5) is 7.08. The summed E-state index contributed by atoms with van der Waals surface area (Å²) < 4.78 is 16.8. The molecule has 6 nitrogen and oxygen atoms in total. The fourth-order valence-electron chi connectivity index (χ4n) is 3.48. The summed E-state index contributed by atoms with van der Waals surface area (Å²) in [7, 11) is 0. The van der Waals surface area contributed by atoms with Gasteiger partial charge in [-0.3, -0.25) is 0 Å². The van der Waals surface area contributed by atoms with Gasteiger partial charge in [0.05, 0.1) is 6.61 Å². The summed E-state index contributed by atoms with van der Waals surface area (Å²) in [5, 5.41) is 4.20. The summed E-state index contributed by atoms with van der Waals surface area (Å²) in [5.41, 5.74) is 0. The third-order valence-corrected chi connectivity index (χ3v) is 5.19. The van der Waals surface area contributed by atoms with E-state index in [1.807, 2.05) is 0 Å². The Morgan fingerprint density at radius 2 is 1.91 bits per heavy atom. The minimum Gasteiger partial charge on any atom is -0.353 e. The van der Waals surface area contributed by atoms with E-state index in [9.17, 15) is 0 Å². The molecular weight excluding hydrogens is 294 g/mol. The van der Waals surface area contributed by atoms with Crippen LogP contribution in [0.15, 0.2) is 4.52 Å². The standard InChI is InChI=1S/C17H27N3O3/c1-2-11-21-15(3-1)22-12-10-20-8-6-13(7-9-20)16-18-17(23-19-16)14-4-5-14/h13-15H,1-12H2/t15-/m0/s1. The van der Waals surface area contributed by atoms with E-state index in [4.69, 9.17) is 14.0 Å². The van der Waals surface area contributed by atoms with E-state index >= 15 is 0 Å². The summed E-state index contributed by atoms with van der Waals surface area (Å²) in [6, 6.07) is 0. The second kappa shape index (κ2) is 7.28. The van der Waals surface area contributed by atoms with E-state index in [0.29, 0.717) is 11.8 Å². The van der Waals surface area contributed by atoms with Crippen LogP contribution in [0.2, 0.25) is 0 Å². The van der Waals surface area contributed by atoms with Crippen molar-refractivity contribution < 1.29 is 14.0 Å². The van der Waals surface area contributed by atoms with Gasteiger partial charge in [-0.1, -0.05) is 5.16 Å². The van der Waals surface area contributed by atoms with E-state index in [2.05, 4.69) is 15.0 Å². The Bertz CT molecular complexity index is 489. The molecule has 0 unspecified atom stereocenters. The van der Waals surface area contributed by atoms with Crippen molar-refractivity contribution in [3.8, 4) is 0 Å². The zero-order valence-corrected chi connectivity index (χ0v) is 13.8. The largest absolute Gasteiger partial charge is 0.353 e. The maximum Gasteiger partial charge on any atom is 0.229 e. The maximum absolute atomic E-state index is 5.83. The van der Waals surface area contributed by atoms with Crippen LogP contribution in [0.4, 0.5) is 0 Å². The highest BCUT2D eigenvalue weighted by Crippen LogP contribution is 2.39. The number of nitrogens with zero attached hydrogens (tertiary/aromatic N) is 3. The van der Waals surface area contributed by atoms with Gasteiger partial charge in [-0.2, -0.15) is 4.98 Å². The average molecular weight is 321 g/mol. The van der Waals surface area contributed by atoms with Gasteiger partial charge in [-0.15, -0.1) is 0 Å². The first-order chi connectivity index (χ1) is 11.4. The minimum atomic E-state index is 0.0291. The third-order valence-electron chi connectivity index (χ3n) is 5.19. The Hall–Kier alpha value is -0.980. The highest BCUT2D eigenvalue weighted by Gasteiger charge is 2.31. The summed E-state index contributed by atoms with van der Waals surface area (Å²) in [6.45, 7) is 4.79. The van der Waals surface area contributed by atoms with Crippen molar-refractivity contribution in [1.29, 1.82) is 0 Å². The molecular formula is C17H27N3O3. The molecule has 3 aliphatic rings. The van der Waals surface area contributed by atoms with Gasteiger partial charge in [0.15, 0.2) is 12.1 Å². The Morgan fingerprint density at radius 1 is 1.04 bits per heavy atom. The highest BCUT2D eigenvalue weighted by molar-refractivity contribution is 5.05. The fraction of sp³-hybridized carbons (Fsp3) is 0.882. The molecule has 23 heavy (non-hydrogen) atoms. The van der Waals surface area contributed by atoms with Crippen LogP contribution in [0.3, 0.4) is 0 Å². The van der Waals surface area contributed by atoms with E-state index in [1.54, 1.807) is 0 Å². The molecule has 128 valence electrons. The molecule has 0 amide bonds. The second-order valence-corrected chi connectivity index (χ2v) is 7.05. The Labute approximate surface area is 137 Å². The van der Waals surface area contributed by atoms with Crippen molar-refractivity contribution in [1.82, 2.24) is 15.0 Å². The second-order valence-electron chi connectivity index (χ2n) is 7.05. The first-order valence-electron chi connectivity index (χ1n) is 9.17. The van der Waals surface area contributed by atoms with Gasteiger partial charge in [0.2, 0.25) is 5.89 Å². The molecule has 2 aliphatic heterocycles. The van der Waals surface area contributed by atoms with Crippen molar-refractivity contribution in [3.63, 3.8) is 0 Å². The highest BCUT2D eigenvalue weighted by atomic mass is 16.7. The average Bonchev–Trinajstić information content (AvgIpc) is 3.34. The lowest BCUT2D eigenvalue weighted by Gasteiger charge is -2.31. The summed E-state index contributed by atoms with van der Waals surface area (Å²) in [6.07, 6.45) is 8.13. The molecule has 1 aromatic rings. The summed E-state index contributed by atoms with van der Waals surface area (Å²) >= 11 is 0. The normalized spacial score (nSPS) is 27.4. The van der Waals surface area contributed by atoms with Crippen LogP contribution in [-0.4, -0.2) is 54.2 Å². The Kier molecular flexibility index (Phi) is 4.92. The van der Waals surface area contributed by atoms with Gasteiger partial charge in [-0.05, 0) is 58.0 Å². The van der Waals surface area contributed by atoms with Crippen molar-refractivity contribution in [2.24, 2.45) is 0 Å². The molecule has 0 N–H and O–H groups in total.